The largest absolute Gasteiger partial charge is 0.493 e. The number of carbonyl (C=O) groups is 1. The topological polar surface area (TPSA) is 73.3 Å². The van der Waals surface area contributed by atoms with Gasteiger partial charge in [-0.1, -0.05) is 53.8 Å². The molecule has 25 heavy (non-hydrogen) atoms. The van der Waals surface area contributed by atoms with Crippen molar-refractivity contribution >= 4 is 22.4 Å². The van der Waals surface area contributed by atoms with Crippen molar-refractivity contribution in [1.82, 2.24) is 10.2 Å². The Balaban J connectivity index is 1.65. The minimum Gasteiger partial charge on any atom is -0.493 e. The fourth-order valence-corrected chi connectivity index (χ4v) is 2.89. The van der Waals surface area contributed by atoms with Crippen LogP contribution in [0.4, 0.5) is 5.13 Å². The molecule has 0 fully saturated rings. The quantitative estimate of drug-likeness (QED) is 0.731. The molecule has 3 aromatic rings. The zero-order valence-electron chi connectivity index (χ0n) is 13.8. The number of anilines is 1. The van der Waals surface area contributed by atoms with Gasteiger partial charge in [-0.25, -0.2) is 0 Å². The Hall–Kier alpha value is -2.93. The number of aromatic nitrogens is 2. The van der Waals surface area contributed by atoms with E-state index in [2.05, 4.69) is 15.5 Å². The lowest BCUT2D eigenvalue weighted by Crippen LogP contribution is -2.30. The number of hydrogen-bond donors (Lipinski definition) is 1. The molecule has 0 saturated heterocycles. The molecule has 3 rings (SSSR count). The molecule has 6 nitrogen and oxygen atoms in total. The minimum absolute atomic E-state index is 0.304. The molecule has 2 aromatic carbocycles. The van der Waals surface area contributed by atoms with E-state index >= 15 is 0 Å². The van der Waals surface area contributed by atoms with Crippen LogP contribution in [-0.4, -0.2) is 29.3 Å². The van der Waals surface area contributed by atoms with Gasteiger partial charge in [0.15, 0.2) is 17.6 Å². The zero-order valence-corrected chi connectivity index (χ0v) is 14.6. The number of amides is 1. The first-order valence-corrected chi connectivity index (χ1v) is 8.48. The maximum absolute atomic E-state index is 12.3. The monoisotopic (exact) mass is 355 g/mol. The van der Waals surface area contributed by atoms with Crippen molar-refractivity contribution < 1.29 is 14.3 Å². The maximum atomic E-state index is 12.3. The van der Waals surface area contributed by atoms with E-state index in [1.807, 2.05) is 42.5 Å². The lowest BCUT2D eigenvalue weighted by Gasteiger charge is -2.15. The van der Waals surface area contributed by atoms with E-state index in [4.69, 9.17) is 9.47 Å². The molecule has 0 radical (unpaired) electrons. The number of nitrogens with zero attached hydrogens (tertiary/aromatic N) is 2. The molecule has 1 aromatic heterocycles. The number of para-hydroxylation sites is 2. The van der Waals surface area contributed by atoms with Gasteiger partial charge in [0.25, 0.3) is 5.91 Å². The molecule has 0 spiro atoms. The van der Waals surface area contributed by atoms with Crippen LogP contribution >= 0.6 is 11.3 Å². The summed E-state index contributed by atoms with van der Waals surface area (Å²) in [5, 5.41) is 12.0. The SMILES string of the molecule is COc1ccccc1O[C@H](C)C(=O)Nc1nnc(-c2ccccc2)s1. The van der Waals surface area contributed by atoms with Gasteiger partial charge in [0.05, 0.1) is 7.11 Å². The van der Waals surface area contributed by atoms with Crippen LogP contribution in [0.25, 0.3) is 10.6 Å². The lowest BCUT2D eigenvalue weighted by molar-refractivity contribution is -0.122. The summed E-state index contributed by atoms with van der Waals surface area (Å²) in [6.07, 6.45) is -0.708. The molecule has 0 aliphatic heterocycles. The summed E-state index contributed by atoms with van der Waals surface area (Å²) in [5.41, 5.74) is 0.957. The summed E-state index contributed by atoms with van der Waals surface area (Å²) in [5.74, 6) is 0.779. The Kier molecular flexibility index (Phi) is 5.25. The number of methoxy groups -OCH3 is 1. The second-order valence-electron chi connectivity index (χ2n) is 5.18. The first-order valence-electron chi connectivity index (χ1n) is 7.67. The molecule has 1 heterocycles. The van der Waals surface area contributed by atoms with Gasteiger partial charge in [0.2, 0.25) is 5.13 Å². The average Bonchev–Trinajstić information content (AvgIpc) is 3.11. The third-order valence-electron chi connectivity index (χ3n) is 3.42. The first kappa shape index (κ1) is 16.9. The molecule has 0 unspecified atom stereocenters. The fourth-order valence-electron chi connectivity index (χ4n) is 2.14. The number of carbonyl (C=O) groups excluding carboxylic acids is 1. The van der Waals surface area contributed by atoms with E-state index in [-0.39, 0.29) is 5.91 Å². The number of nitrogens with one attached hydrogen (secondary N) is 1. The third-order valence-corrected chi connectivity index (χ3v) is 4.31. The van der Waals surface area contributed by atoms with Crippen LogP contribution in [0.1, 0.15) is 6.92 Å². The van der Waals surface area contributed by atoms with Gasteiger partial charge in [0, 0.05) is 5.56 Å². The first-order chi connectivity index (χ1) is 12.2. The van der Waals surface area contributed by atoms with E-state index in [0.717, 1.165) is 10.6 Å². The van der Waals surface area contributed by atoms with Crippen molar-refractivity contribution in [2.75, 3.05) is 12.4 Å². The standard InChI is InChI=1S/C18H17N3O3S/c1-12(24-15-11-7-6-10-14(15)23-2)16(22)19-18-21-20-17(25-18)13-8-4-3-5-9-13/h3-12H,1-2H3,(H,19,21,22)/t12-/m1/s1. The van der Waals surface area contributed by atoms with Crippen LogP contribution < -0.4 is 14.8 Å². The molecule has 0 aliphatic rings. The lowest BCUT2D eigenvalue weighted by atomic mass is 10.2. The Morgan fingerprint density at radius 3 is 2.44 bits per heavy atom. The molecular weight excluding hydrogens is 338 g/mol. The molecule has 7 heteroatoms. The van der Waals surface area contributed by atoms with Gasteiger partial charge in [-0.05, 0) is 19.1 Å². The Bertz CT molecular complexity index is 852. The summed E-state index contributed by atoms with van der Waals surface area (Å²) in [6, 6.07) is 16.9. The van der Waals surface area contributed by atoms with Gasteiger partial charge in [-0.3, -0.25) is 10.1 Å². The summed E-state index contributed by atoms with van der Waals surface area (Å²) in [4.78, 5) is 12.3. The van der Waals surface area contributed by atoms with Crippen molar-refractivity contribution in [2.45, 2.75) is 13.0 Å². The molecule has 1 amide bonds. The van der Waals surface area contributed by atoms with E-state index in [1.165, 1.54) is 11.3 Å². The maximum Gasteiger partial charge on any atom is 0.266 e. The van der Waals surface area contributed by atoms with E-state index in [9.17, 15) is 4.79 Å². The highest BCUT2D eigenvalue weighted by Crippen LogP contribution is 2.28. The number of hydrogen-bond acceptors (Lipinski definition) is 6. The van der Waals surface area contributed by atoms with Crippen molar-refractivity contribution in [3.05, 3.63) is 54.6 Å². The predicted molar refractivity (Wildman–Crippen MR) is 97.1 cm³/mol. The average molecular weight is 355 g/mol. The van der Waals surface area contributed by atoms with Crippen LogP contribution in [0.2, 0.25) is 0 Å². The van der Waals surface area contributed by atoms with E-state index in [0.29, 0.717) is 16.6 Å². The highest BCUT2D eigenvalue weighted by atomic mass is 32.1. The van der Waals surface area contributed by atoms with Crippen molar-refractivity contribution in [3.63, 3.8) is 0 Å². The summed E-state index contributed by atoms with van der Waals surface area (Å²) in [7, 11) is 1.55. The van der Waals surface area contributed by atoms with Crippen LogP contribution in [0, 0.1) is 0 Å². The normalized spacial score (nSPS) is 11.6. The molecule has 128 valence electrons. The summed E-state index contributed by atoms with van der Waals surface area (Å²) in [6.45, 7) is 1.67. The van der Waals surface area contributed by atoms with Crippen molar-refractivity contribution in [3.8, 4) is 22.1 Å². The van der Waals surface area contributed by atoms with Gasteiger partial charge < -0.3 is 9.47 Å². The second-order valence-corrected chi connectivity index (χ2v) is 6.16. The molecule has 0 saturated carbocycles. The Morgan fingerprint density at radius 2 is 1.72 bits per heavy atom. The van der Waals surface area contributed by atoms with Gasteiger partial charge >= 0.3 is 0 Å². The van der Waals surface area contributed by atoms with Crippen molar-refractivity contribution in [1.29, 1.82) is 0 Å². The van der Waals surface area contributed by atoms with E-state index in [1.54, 1.807) is 26.2 Å². The summed E-state index contributed by atoms with van der Waals surface area (Å²) >= 11 is 1.31. The number of ether oxygens (including phenoxy) is 2. The van der Waals surface area contributed by atoms with Crippen LogP contribution in [0.5, 0.6) is 11.5 Å². The smallest absolute Gasteiger partial charge is 0.266 e. The van der Waals surface area contributed by atoms with Crippen LogP contribution in [0.15, 0.2) is 54.6 Å². The van der Waals surface area contributed by atoms with Crippen LogP contribution in [0.3, 0.4) is 0 Å². The van der Waals surface area contributed by atoms with Crippen molar-refractivity contribution in [2.24, 2.45) is 0 Å². The zero-order chi connectivity index (χ0) is 17.6. The van der Waals surface area contributed by atoms with Gasteiger partial charge in [-0.2, -0.15) is 0 Å². The molecule has 1 N–H and O–H groups in total. The van der Waals surface area contributed by atoms with Gasteiger partial charge in [0.1, 0.15) is 5.01 Å². The summed E-state index contributed by atoms with van der Waals surface area (Å²) < 4.78 is 10.9. The molecule has 0 bridgehead atoms. The highest BCUT2D eigenvalue weighted by molar-refractivity contribution is 7.18. The van der Waals surface area contributed by atoms with Crippen LogP contribution in [-0.2, 0) is 4.79 Å². The highest BCUT2D eigenvalue weighted by Gasteiger charge is 2.18. The van der Waals surface area contributed by atoms with Gasteiger partial charge in [-0.15, -0.1) is 10.2 Å². The molecule has 1 atom stereocenters. The minimum atomic E-state index is -0.708. The fraction of sp³-hybridized carbons (Fsp3) is 0.167. The third kappa shape index (κ3) is 4.13. The number of benzene rings is 2. The predicted octanol–water partition coefficient (Wildman–Crippen LogP) is 3.62. The Morgan fingerprint density at radius 1 is 1.04 bits per heavy atom. The number of rotatable bonds is 6. The molecular formula is C18H17N3O3S. The Labute approximate surface area is 149 Å². The second kappa shape index (κ2) is 7.76. The van der Waals surface area contributed by atoms with E-state index < -0.39 is 6.10 Å². The molecule has 0 aliphatic carbocycles.